The number of hydroxylamine groups is 1. The summed E-state index contributed by atoms with van der Waals surface area (Å²) in [7, 11) is 0. The number of rotatable bonds is 29. The zero-order valence-corrected chi connectivity index (χ0v) is 35.1. The molecule has 2 aliphatic rings. The average molecular weight is 856 g/mol. The maximum absolute atomic E-state index is 13.2. The number of hydrogen-bond donors (Lipinski definition) is 12. The molecule has 0 aromatic rings. The molecule has 0 saturated carbocycles. The second-order valence-corrected chi connectivity index (χ2v) is 16.6. The molecule has 0 aliphatic carbocycles. The molecule has 0 aromatic carbocycles. The number of amides is 10. The summed E-state index contributed by atoms with van der Waals surface area (Å²) in [5, 5.41) is 30.3. The van der Waals surface area contributed by atoms with Crippen LogP contribution in [0.2, 0.25) is 0 Å². The highest BCUT2D eigenvalue weighted by atomic mass is 32.2. The van der Waals surface area contributed by atoms with Gasteiger partial charge in [0.05, 0.1) is 25.2 Å². The van der Waals surface area contributed by atoms with Crippen LogP contribution in [0.1, 0.15) is 97.8 Å². The Labute approximate surface area is 349 Å². The Kier molecular flexibility index (Phi) is 23.2. The van der Waals surface area contributed by atoms with E-state index in [1.807, 2.05) is 25.6 Å². The molecule has 2 heterocycles. The lowest BCUT2D eigenvalue weighted by molar-refractivity contribution is -0.137. The molecule has 0 aromatic heterocycles. The first-order valence-electron chi connectivity index (χ1n) is 20.4. The number of hydrogen-bond acceptors (Lipinski definition) is 12. The van der Waals surface area contributed by atoms with Crippen molar-refractivity contribution in [3.8, 4) is 0 Å². The van der Waals surface area contributed by atoms with E-state index in [4.69, 9.17) is 16.7 Å². The van der Waals surface area contributed by atoms with Crippen LogP contribution in [0.5, 0.6) is 0 Å². The van der Waals surface area contributed by atoms with Gasteiger partial charge in [0, 0.05) is 36.3 Å². The van der Waals surface area contributed by atoms with Crippen LogP contribution in [-0.4, -0.2) is 126 Å². The Hall–Kier alpha value is -4.70. The molecular weight excluding hydrogens is 791 g/mol. The van der Waals surface area contributed by atoms with Crippen molar-refractivity contribution in [3.05, 3.63) is 0 Å². The molecule has 59 heavy (non-hydrogen) atoms. The fraction of sp³-hybridized carbons (Fsp3) is 0.757. The number of nitrogens with two attached hydrogens (primary N) is 2. The van der Waals surface area contributed by atoms with E-state index in [1.165, 1.54) is 12.4 Å². The highest BCUT2D eigenvalue weighted by molar-refractivity contribution is 8.00. The second-order valence-electron chi connectivity index (χ2n) is 15.4. The van der Waals surface area contributed by atoms with Crippen LogP contribution in [0, 0.1) is 11.8 Å². The Morgan fingerprint density at radius 2 is 1.46 bits per heavy atom. The first-order chi connectivity index (χ1) is 28.0. The van der Waals surface area contributed by atoms with Crippen LogP contribution in [0.3, 0.4) is 0 Å². The third-order valence-corrected chi connectivity index (χ3v) is 11.4. The summed E-state index contributed by atoms with van der Waals surface area (Å²) < 4.78 is 0. The van der Waals surface area contributed by atoms with Crippen molar-refractivity contribution in [2.75, 3.05) is 31.9 Å². The van der Waals surface area contributed by atoms with Gasteiger partial charge in [-0.25, -0.2) is 10.3 Å². The molecule has 21 nitrogen and oxygen atoms in total. The van der Waals surface area contributed by atoms with Gasteiger partial charge >= 0.3 is 6.03 Å². The predicted octanol–water partition coefficient (Wildman–Crippen LogP) is -2.12. The van der Waals surface area contributed by atoms with Crippen molar-refractivity contribution in [2.24, 2.45) is 23.3 Å². The van der Waals surface area contributed by atoms with Gasteiger partial charge in [0.15, 0.2) is 0 Å². The van der Waals surface area contributed by atoms with E-state index < -0.39 is 78.5 Å². The van der Waals surface area contributed by atoms with Crippen LogP contribution >= 0.6 is 11.8 Å². The third kappa shape index (κ3) is 19.7. The van der Waals surface area contributed by atoms with E-state index in [-0.39, 0.29) is 49.2 Å². The number of primary amides is 1. The lowest BCUT2D eigenvalue weighted by Crippen LogP contribution is -2.54. The van der Waals surface area contributed by atoms with Crippen LogP contribution in [0.25, 0.3) is 0 Å². The number of thioether (sulfide) groups is 1. The normalized spacial score (nSPS) is 18.8. The van der Waals surface area contributed by atoms with E-state index in [0.717, 1.165) is 25.0 Å². The first kappa shape index (κ1) is 50.4. The van der Waals surface area contributed by atoms with Crippen molar-refractivity contribution < 1.29 is 48.4 Å². The van der Waals surface area contributed by atoms with E-state index in [9.17, 15) is 43.2 Å². The molecule has 2 fully saturated rings. The molecule has 0 bridgehead atoms. The zero-order chi connectivity index (χ0) is 43.9. The van der Waals surface area contributed by atoms with Crippen LogP contribution in [0.4, 0.5) is 4.79 Å². The van der Waals surface area contributed by atoms with Crippen LogP contribution < -0.4 is 59.5 Å². The fourth-order valence-electron chi connectivity index (χ4n) is 6.71. The minimum atomic E-state index is -1.12. The maximum atomic E-state index is 13.2. The lowest BCUT2D eigenvalue weighted by Gasteiger charge is -2.24. The van der Waals surface area contributed by atoms with Crippen molar-refractivity contribution in [1.82, 2.24) is 48.0 Å². The van der Waals surface area contributed by atoms with Crippen molar-refractivity contribution in [2.45, 2.75) is 133 Å². The number of nitrogens with one attached hydrogen (secondary N) is 9. The van der Waals surface area contributed by atoms with Gasteiger partial charge in [-0.05, 0) is 77.2 Å². The van der Waals surface area contributed by atoms with Gasteiger partial charge in [-0.3, -0.25) is 43.6 Å². The van der Waals surface area contributed by atoms with Crippen LogP contribution in [-0.2, 0) is 38.4 Å². The molecule has 14 N–H and O–H groups in total. The Bertz CT molecular complexity index is 1460. The molecule has 2 aliphatic heterocycles. The largest absolute Gasteiger partial charge is 0.368 e. The number of fused-ring (bicyclic) bond motifs is 1. The topological polar surface area (TPSA) is 334 Å². The molecular formula is C37H65N11O10S. The van der Waals surface area contributed by atoms with Crippen molar-refractivity contribution in [3.63, 3.8) is 0 Å². The van der Waals surface area contributed by atoms with E-state index in [0.29, 0.717) is 56.9 Å². The summed E-state index contributed by atoms with van der Waals surface area (Å²) in [5.74, 6) is -4.83. The maximum Gasteiger partial charge on any atom is 0.315 e. The van der Waals surface area contributed by atoms with Crippen LogP contribution in [0.15, 0.2) is 0 Å². The highest BCUT2D eigenvalue weighted by Crippen LogP contribution is 2.33. The SMILES string of the molecule is CC(C)CC(CC(=O)NO)C(=O)N[C@@H](CCCCN)C(=O)N[C@@H](C)C(=O)NCC(=O)NCC(=O)N[C@@H](CCCCNC(=O)CCCC[C@@H]1SC[C@@H]2NC(=O)N[C@@H]21)C(N)=O. The average Bonchev–Trinajstić information content (AvgIpc) is 3.74. The zero-order valence-electron chi connectivity index (χ0n) is 34.3. The summed E-state index contributed by atoms with van der Waals surface area (Å²) >= 11 is 1.84. The van der Waals surface area contributed by atoms with Gasteiger partial charge in [-0.2, -0.15) is 11.8 Å². The van der Waals surface area contributed by atoms with Gasteiger partial charge in [-0.1, -0.05) is 20.3 Å². The lowest BCUT2D eigenvalue weighted by atomic mass is 9.92. The number of urea groups is 1. The van der Waals surface area contributed by atoms with Crippen molar-refractivity contribution >= 4 is 65.1 Å². The second kappa shape index (κ2) is 27.1. The fourth-order valence-corrected chi connectivity index (χ4v) is 8.25. The predicted molar refractivity (Wildman–Crippen MR) is 218 cm³/mol. The molecule has 2 saturated heterocycles. The van der Waals surface area contributed by atoms with Crippen molar-refractivity contribution in [1.29, 1.82) is 0 Å². The minimum Gasteiger partial charge on any atom is -0.368 e. The standard InChI is InChI=1S/C37H65N11O10S/c1-21(2)16-23(17-29(50)48-58)35(55)45-25(11-6-8-14-38)36(56)43-22(3)34(54)42-18-30(51)41-19-31(52)44-24(33(39)53)10-7-9-15-40-28(49)13-5-4-12-27-32-26(20-59-27)46-37(57)47-32/h21-27,32,58H,4-20,38H2,1-3H3,(H2,39,53)(H,40,49)(H,41,51)(H,42,54)(H,43,56)(H,44,52)(H,45,55)(H,48,50)(H2,46,47,57)/t22-,23?,24-,25-,26-,27-,32-/m0/s1. The minimum absolute atomic E-state index is 0.0351. The van der Waals surface area contributed by atoms with E-state index in [1.54, 1.807) is 0 Å². The van der Waals surface area contributed by atoms with E-state index >= 15 is 0 Å². The molecule has 334 valence electrons. The van der Waals surface area contributed by atoms with Gasteiger partial charge in [0.1, 0.15) is 18.1 Å². The molecule has 0 spiro atoms. The molecule has 0 radical (unpaired) electrons. The summed E-state index contributed by atoms with van der Waals surface area (Å²) in [5.41, 5.74) is 12.6. The van der Waals surface area contributed by atoms with Gasteiger partial charge in [0.25, 0.3) is 0 Å². The molecule has 7 atom stereocenters. The summed E-state index contributed by atoms with van der Waals surface area (Å²) in [6, 6.07) is -2.99. The Morgan fingerprint density at radius 3 is 2.14 bits per heavy atom. The quantitative estimate of drug-likeness (QED) is 0.0166. The smallest absolute Gasteiger partial charge is 0.315 e. The summed E-state index contributed by atoms with van der Waals surface area (Å²) in [6.07, 6.45) is 5.43. The van der Waals surface area contributed by atoms with Gasteiger partial charge in [0.2, 0.25) is 47.3 Å². The highest BCUT2D eigenvalue weighted by Gasteiger charge is 2.42. The number of carbonyl (C=O) groups excluding carboxylic acids is 9. The Balaban J connectivity index is 1.67. The molecule has 2 rings (SSSR count). The summed E-state index contributed by atoms with van der Waals surface area (Å²) in [4.78, 5) is 111. The molecule has 10 amide bonds. The number of unbranched alkanes of at least 4 members (excludes halogenated alkanes) is 3. The van der Waals surface area contributed by atoms with Gasteiger partial charge in [-0.15, -0.1) is 0 Å². The molecule has 1 unspecified atom stereocenters. The van der Waals surface area contributed by atoms with Gasteiger partial charge < -0.3 is 54.0 Å². The van der Waals surface area contributed by atoms with E-state index in [2.05, 4.69) is 42.5 Å². The first-order valence-corrected chi connectivity index (χ1v) is 21.4. The third-order valence-electron chi connectivity index (χ3n) is 9.89. The monoisotopic (exact) mass is 855 g/mol. The molecule has 22 heteroatoms. The number of carbonyl (C=O) groups is 9. The Morgan fingerprint density at radius 1 is 0.763 bits per heavy atom. The summed E-state index contributed by atoms with van der Waals surface area (Å²) in [6.45, 7) is 4.81.